The summed E-state index contributed by atoms with van der Waals surface area (Å²) in [5, 5.41) is 7.18. The van der Waals surface area contributed by atoms with Gasteiger partial charge in [0, 0.05) is 5.75 Å². The summed E-state index contributed by atoms with van der Waals surface area (Å²) in [5.74, 6) is 2.03. The number of nitrogens with one attached hydrogen (secondary N) is 1. The number of hydrogen-bond donors (Lipinski definition) is 2. The van der Waals surface area contributed by atoms with Gasteiger partial charge in [-0.25, -0.2) is 5.10 Å². The van der Waals surface area contributed by atoms with Crippen molar-refractivity contribution in [3.8, 4) is 5.75 Å². The van der Waals surface area contributed by atoms with Crippen molar-refractivity contribution < 1.29 is 4.74 Å². The van der Waals surface area contributed by atoms with E-state index in [1.54, 1.807) is 0 Å². The van der Waals surface area contributed by atoms with Gasteiger partial charge in [-0.05, 0) is 37.1 Å². The summed E-state index contributed by atoms with van der Waals surface area (Å²) < 4.78 is 5.68. The Bertz CT molecular complexity index is 506. The molecule has 2 rings (SSSR count). The number of aryl methyl sites for hydroxylation is 2. The van der Waals surface area contributed by atoms with Crippen LogP contribution in [-0.2, 0) is 0 Å². The van der Waals surface area contributed by atoms with Crippen molar-refractivity contribution in [2.24, 2.45) is 0 Å². The molecule has 0 fully saturated rings. The molecule has 0 atom stereocenters. The van der Waals surface area contributed by atoms with E-state index in [9.17, 15) is 0 Å². The minimum atomic E-state index is 0.340. The predicted octanol–water partition coefficient (Wildman–Crippen LogP) is 2.17. The molecule has 96 valence electrons. The Labute approximate surface area is 110 Å². The summed E-state index contributed by atoms with van der Waals surface area (Å²) in [6.07, 6.45) is 0. The lowest BCUT2D eigenvalue weighted by atomic mass is 10.1. The molecule has 0 radical (unpaired) electrons. The quantitative estimate of drug-likeness (QED) is 0.639. The van der Waals surface area contributed by atoms with Gasteiger partial charge in [-0.2, -0.15) is 4.98 Å². The van der Waals surface area contributed by atoms with E-state index >= 15 is 0 Å². The van der Waals surface area contributed by atoms with E-state index < -0.39 is 0 Å². The minimum absolute atomic E-state index is 0.340. The molecule has 0 unspecified atom stereocenters. The van der Waals surface area contributed by atoms with Crippen LogP contribution in [0.2, 0.25) is 0 Å². The van der Waals surface area contributed by atoms with Crippen LogP contribution in [0.4, 0.5) is 5.95 Å². The lowest BCUT2D eigenvalue weighted by molar-refractivity contribution is 0.343. The first-order chi connectivity index (χ1) is 8.63. The summed E-state index contributed by atoms with van der Waals surface area (Å²) in [6, 6.07) is 6.18. The molecule has 5 nitrogen and oxygen atoms in total. The maximum atomic E-state index is 5.68. The van der Waals surface area contributed by atoms with E-state index in [2.05, 4.69) is 35.1 Å². The van der Waals surface area contributed by atoms with Gasteiger partial charge in [-0.1, -0.05) is 17.8 Å². The number of nitrogen functional groups attached to an aromatic ring is 1. The largest absolute Gasteiger partial charge is 0.493 e. The van der Waals surface area contributed by atoms with Crippen LogP contribution in [0, 0.1) is 13.8 Å². The van der Waals surface area contributed by atoms with Crippen LogP contribution < -0.4 is 10.5 Å². The average Bonchev–Trinajstić information content (AvgIpc) is 2.69. The first-order valence-electron chi connectivity index (χ1n) is 5.65. The molecule has 6 heteroatoms. The second kappa shape index (κ2) is 5.77. The lowest BCUT2D eigenvalue weighted by Crippen LogP contribution is -2.01. The summed E-state index contributed by atoms with van der Waals surface area (Å²) in [7, 11) is 0. The summed E-state index contributed by atoms with van der Waals surface area (Å²) in [6.45, 7) is 4.73. The predicted molar refractivity (Wildman–Crippen MR) is 72.9 cm³/mol. The molecular formula is C12H16N4OS. The molecule has 0 bridgehead atoms. The SMILES string of the molecule is Cc1cc(C)cc(OCCSc2n[nH]c(N)n2)c1. The van der Waals surface area contributed by atoms with Gasteiger partial charge < -0.3 is 10.5 Å². The zero-order valence-corrected chi connectivity index (χ0v) is 11.3. The second-order valence-electron chi connectivity index (χ2n) is 4.02. The van der Waals surface area contributed by atoms with Crippen molar-refractivity contribution in [1.82, 2.24) is 15.2 Å². The molecule has 0 aliphatic heterocycles. The molecule has 0 spiro atoms. The molecule has 3 N–H and O–H groups in total. The summed E-state index contributed by atoms with van der Waals surface area (Å²) >= 11 is 1.51. The Kier molecular flexibility index (Phi) is 4.09. The molecule has 18 heavy (non-hydrogen) atoms. The number of nitrogens with two attached hydrogens (primary N) is 1. The number of H-pyrrole nitrogens is 1. The average molecular weight is 264 g/mol. The maximum Gasteiger partial charge on any atom is 0.216 e. The third kappa shape index (κ3) is 3.66. The van der Waals surface area contributed by atoms with Crippen molar-refractivity contribution >= 4 is 17.7 Å². The number of ether oxygens (including phenoxy) is 1. The number of benzene rings is 1. The molecule has 0 aliphatic rings. The molecule has 2 aromatic rings. The molecule has 1 aromatic carbocycles. The van der Waals surface area contributed by atoms with Crippen LogP contribution in [-0.4, -0.2) is 27.5 Å². The third-order valence-corrected chi connectivity index (χ3v) is 3.07. The van der Waals surface area contributed by atoms with Crippen LogP contribution in [0.3, 0.4) is 0 Å². The van der Waals surface area contributed by atoms with Gasteiger partial charge in [0.2, 0.25) is 11.1 Å². The summed E-state index contributed by atoms with van der Waals surface area (Å²) in [5.41, 5.74) is 7.85. The number of rotatable bonds is 5. The van der Waals surface area contributed by atoms with E-state index in [1.165, 1.54) is 22.9 Å². The zero-order valence-electron chi connectivity index (χ0n) is 10.4. The fourth-order valence-corrected chi connectivity index (χ4v) is 2.25. The van der Waals surface area contributed by atoms with Gasteiger partial charge in [0.25, 0.3) is 0 Å². The number of aromatic nitrogens is 3. The third-order valence-electron chi connectivity index (χ3n) is 2.26. The molecule has 0 amide bonds. The lowest BCUT2D eigenvalue weighted by Gasteiger charge is -2.07. The van der Waals surface area contributed by atoms with E-state index in [4.69, 9.17) is 10.5 Å². The van der Waals surface area contributed by atoms with Crippen molar-refractivity contribution in [3.05, 3.63) is 29.3 Å². The Morgan fingerprint density at radius 3 is 2.61 bits per heavy atom. The fraction of sp³-hybridized carbons (Fsp3) is 0.333. The van der Waals surface area contributed by atoms with Gasteiger partial charge in [-0.15, -0.1) is 5.10 Å². The van der Waals surface area contributed by atoms with Crippen LogP contribution in [0.15, 0.2) is 23.4 Å². The highest BCUT2D eigenvalue weighted by molar-refractivity contribution is 7.99. The zero-order chi connectivity index (χ0) is 13.0. The highest BCUT2D eigenvalue weighted by Gasteiger charge is 2.01. The van der Waals surface area contributed by atoms with Gasteiger partial charge in [0.05, 0.1) is 6.61 Å². The topological polar surface area (TPSA) is 76.8 Å². The van der Waals surface area contributed by atoms with E-state index in [0.29, 0.717) is 17.7 Å². The van der Waals surface area contributed by atoms with E-state index in [1.807, 2.05) is 12.1 Å². The standard InChI is InChI=1S/C12H16N4OS/c1-8-5-9(2)7-10(6-8)17-3-4-18-12-14-11(13)15-16-12/h5-7H,3-4H2,1-2H3,(H3,13,14,15,16). The van der Waals surface area contributed by atoms with Gasteiger partial charge >= 0.3 is 0 Å². The number of nitrogens with zero attached hydrogens (tertiary/aromatic N) is 2. The molecular weight excluding hydrogens is 248 g/mol. The Balaban J connectivity index is 1.78. The summed E-state index contributed by atoms with van der Waals surface area (Å²) in [4.78, 5) is 4.00. The number of hydrogen-bond acceptors (Lipinski definition) is 5. The Hall–Kier alpha value is -1.69. The van der Waals surface area contributed by atoms with Crippen LogP contribution in [0.25, 0.3) is 0 Å². The molecule has 0 saturated heterocycles. The minimum Gasteiger partial charge on any atom is -0.493 e. The fourth-order valence-electron chi connectivity index (χ4n) is 1.63. The van der Waals surface area contributed by atoms with Crippen molar-refractivity contribution in [2.45, 2.75) is 19.0 Å². The number of aromatic amines is 1. The molecule has 1 heterocycles. The van der Waals surface area contributed by atoms with Gasteiger partial charge in [-0.3, -0.25) is 0 Å². The smallest absolute Gasteiger partial charge is 0.216 e. The van der Waals surface area contributed by atoms with Crippen LogP contribution >= 0.6 is 11.8 Å². The second-order valence-corrected chi connectivity index (χ2v) is 5.09. The molecule has 0 aliphatic carbocycles. The number of anilines is 1. The van der Waals surface area contributed by atoms with Gasteiger partial charge in [0.15, 0.2) is 0 Å². The monoisotopic (exact) mass is 264 g/mol. The maximum absolute atomic E-state index is 5.68. The van der Waals surface area contributed by atoms with Gasteiger partial charge in [0.1, 0.15) is 5.75 Å². The van der Waals surface area contributed by atoms with Crippen LogP contribution in [0.5, 0.6) is 5.75 Å². The van der Waals surface area contributed by atoms with Crippen molar-refractivity contribution in [1.29, 1.82) is 0 Å². The normalized spacial score (nSPS) is 10.6. The first-order valence-corrected chi connectivity index (χ1v) is 6.64. The Morgan fingerprint density at radius 1 is 1.28 bits per heavy atom. The number of thioether (sulfide) groups is 1. The van der Waals surface area contributed by atoms with Crippen molar-refractivity contribution in [2.75, 3.05) is 18.1 Å². The Morgan fingerprint density at radius 2 is 2.00 bits per heavy atom. The van der Waals surface area contributed by atoms with E-state index in [-0.39, 0.29) is 0 Å². The molecule has 1 aromatic heterocycles. The molecule has 0 saturated carbocycles. The van der Waals surface area contributed by atoms with E-state index in [0.717, 1.165) is 11.5 Å². The van der Waals surface area contributed by atoms with Crippen molar-refractivity contribution in [3.63, 3.8) is 0 Å². The first kappa shape index (κ1) is 12.8. The highest BCUT2D eigenvalue weighted by atomic mass is 32.2. The highest BCUT2D eigenvalue weighted by Crippen LogP contribution is 2.17. The van der Waals surface area contributed by atoms with Crippen LogP contribution in [0.1, 0.15) is 11.1 Å².